The lowest BCUT2D eigenvalue weighted by atomic mass is 10.2. The molecule has 0 radical (unpaired) electrons. The van der Waals surface area contributed by atoms with Crippen LogP contribution in [0, 0.1) is 17.0 Å². The molecule has 76 valence electrons. The molecule has 0 aliphatic carbocycles. The molecule has 0 atom stereocenters. The molecule has 0 saturated heterocycles. The van der Waals surface area contributed by atoms with E-state index in [9.17, 15) is 18.9 Å². The molecule has 0 fully saturated rings. The molecule has 1 aromatic rings. The topological polar surface area (TPSA) is 56.0 Å². The van der Waals surface area contributed by atoms with Crippen LogP contribution in [0.15, 0.2) is 10.7 Å². The molecule has 0 amide bonds. The largest absolute Gasteiger partial charge is 0.367 e. The summed E-state index contributed by atoms with van der Waals surface area (Å²) in [5, 5.41) is 10.4. The normalized spacial score (nSPS) is 10.6. The Kier molecular flexibility index (Phi) is 3.10. The summed E-state index contributed by atoms with van der Waals surface area (Å²) in [6, 6.07) is 1.06. The number of nitrogens with zero attached hydrogens (tertiary/aromatic N) is 2. The van der Waals surface area contributed by atoms with E-state index in [2.05, 4.69) is 20.9 Å². The standard InChI is InChI=1S/C7H5BrF2N2O2/c1-3-2-4(6(9)10)5(8)11-7(3)12(13)14/h2,6H,1H3. The van der Waals surface area contributed by atoms with Gasteiger partial charge in [0.25, 0.3) is 6.43 Å². The molecule has 1 rings (SSSR count). The van der Waals surface area contributed by atoms with E-state index >= 15 is 0 Å². The first kappa shape index (κ1) is 11.0. The van der Waals surface area contributed by atoms with Crippen molar-refractivity contribution in [3.63, 3.8) is 0 Å². The lowest BCUT2D eigenvalue weighted by molar-refractivity contribution is -0.390. The fourth-order valence-corrected chi connectivity index (χ4v) is 1.40. The van der Waals surface area contributed by atoms with Crippen molar-refractivity contribution in [2.45, 2.75) is 13.3 Å². The van der Waals surface area contributed by atoms with Crippen molar-refractivity contribution in [1.29, 1.82) is 0 Å². The molecule has 1 aromatic heterocycles. The van der Waals surface area contributed by atoms with E-state index in [1.807, 2.05) is 0 Å². The van der Waals surface area contributed by atoms with Crippen LogP contribution in [-0.2, 0) is 0 Å². The van der Waals surface area contributed by atoms with E-state index in [1.165, 1.54) is 6.92 Å². The van der Waals surface area contributed by atoms with Gasteiger partial charge in [0.05, 0.1) is 5.56 Å². The highest BCUT2D eigenvalue weighted by Gasteiger charge is 2.22. The van der Waals surface area contributed by atoms with Crippen molar-refractivity contribution in [1.82, 2.24) is 4.98 Å². The van der Waals surface area contributed by atoms with Crippen LogP contribution in [0.1, 0.15) is 17.6 Å². The third-order valence-electron chi connectivity index (χ3n) is 1.58. The number of aromatic nitrogens is 1. The molecular weight excluding hydrogens is 262 g/mol. The number of pyridine rings is 1. The Morgan fingerprint density at radius 1 is 1.64 bits per heavy atom. The zero-order chi connectivity index (χ0) is 10.9. The Morgan fingerprint density at radius 3 is 2.64 bits per heavy atom. The average Bonchev–Trinajstić information content (AvgIpc) is 2.07. The van der Waals surface area contributed by atoms with E-state index in [0.29, 0.717) is 0 Å². The van der Waals surface area contributed by atoms with Crippen molar-refractivity contribution in [2.24, 2.45) is 0 Å². The first-order valence-corrected chi connectivity index (χ1v) is 4.32. The summed E-state index contributed by atoms with van der Waals surface area (Å²) in [4.78, 5) is 13.1. The van der Waals surface area contributed by atoms with Crippen LogP contribution >= 0.6 is 15.9 Å². The molecule has 0 spiro atoms. The van der Waals surface area contributed by atoms with Crippen molar-refractivity contribution >= 4 is 21.7 Å². The van der Waals surface area contributed by atoms with Gasteiger partial charge in [-0.25, -0.2) is 8.78 Å². The summed E-state index contributed by atoms with van der Waals surface area (Å²) < 4.78 is 24.4. The van der Waals surface area contributed by atoms with E-state index in [0.717, 1.165) is 6.07 Å². The maximum absolute atomic E-state index is 12.3. The van der Waals surface area contributed by atoms with Crippen LogP contribution in [0.3, 0.4) is 0 Å². The molecule has 0 aromatic carbocycles. The molecule has 0 N–H and O–H groups in total. The Balaban J connectivity index is 3.31. The van der Waals surface area contributed by atoms with Crippen LogP contribution in [-0.4, -0.2) is 9.91 Å². The number of nitro groups is 1. The first-order valence-electron chi connectivity index (χ1n) is 3.53. The van der Waals surface area contributed by atoms with Gasteiger partial charge in [0.15, 0.2) is 0 Å². The average molecular weight is 267 g/mol. The fraction of sp³-hybridized carbons (Fsp3) is 0.286. The van der Waals surface area contributed by atoms with Gasteiger partial charge in [0.1, 0.15) is 0 Å². The van der Waals surface area contributed by atoms with Crippen molar-refractivity contribution < 1.29 is 13.7 Å². The zero-order valence-corrected chi connectivity index (χ0v) is 8.59. The van der Waals surface area contributed by atoms with E-state index in [1.54, 1.807) is 0 Å². The molecule has 1 heterocycles. The maximum atomic E-state index is 12.3. The molecule has 4 nitrogen and oxygen atoms in total. The highest BCUT2D eigenvalue weighted by atomic mass is 79.9. The predicted molar refractivity (Wildman–Crippen MR) is 48.3 cm³/mol. The summed E-state index contributed by atoms with van der Waals surface area (Å²) in [6.45, 7) is 1.36. The lowest BCUT2D eigenvalue weighted by Gasteiger charge is -2.02. The predicted octanol–water partition coefficient (Wildman–Crippen LogP) is 3.00. The molecule has 0 bridgehead atoms. The second kappa shape index (κ2) is 3.95. The highest BCUT2D eigenvalue weighted by Crippen LogP contribution is 2.29. The van der Waals surface area contributed by atoms with E-state index < -0.39 is 17.2 Å². The Hall–Kier alpha value is -1.11. The minimum Gasteiger partial charge on any atom is -0.358 e. The Morgan fingerprint density at radius 2 is 2.21 bits per heavy atom. The minimum absolute atomic E-state index is 0.119. The van der Waals surface area contributed by atoms with Gasteiger partial charge in [-0.2, -0.15) is 0 Å². The van der Waals surface area contributed by atoms with E-state index in [-0.39, 0.29) is 15.7 Å². The van der Waals surface area contributed by atoms with Gasteiger partial charge in [-0.15, -0.1) is 0 Å². The molecule has 14 heavy (non-hydrogen) atoms. The highest BCUT2D eigenvalue weighted by molar-refractivity contribution is 9.10. The second-order valence-electron chi connectivity index (χ2n) is 2.57. The monoisotopic (exact) mass is 266 g/mol. The lowest BCUT2D eigenvalue weighted by Crippen LogP contribution is -1.99. The number of hydrogen-bond acceptors (Lipinski definition) is 3. The summed E-state index contributed by atoms with van der Waals surface area (Å²) in [5.41, 5.74) is -0.221. The van der Waals surface area contributed by atoms with Crippen molar-refractivity contribution in [3.05, 3.63) is 31.9 Å². The minimum atomic E-state index is -2.70. The third-order valence-corrected chi connectivity index (χ3v) is 2.21. The smallest absolute Gasteiger partial charge is 0.358 e. The zero-order valence-electron chi connectivity index (χ0n) is 7.00. The molecule has 7 heteroatoms. The quantitative estimate of drug-likeness (QED) is 0.470. The number of hydrogen-bond donors (Lipinski definition) is 0. The van der Waals surface area contributed by atoms with Crippen LogP contribution in [0.5, 0.6) is 0 Å². The molecule has 0 saturated carbocycles. The maximum Gasteiger partial charge on any atom is 0.367 e. The molecular formula is C7H5BrF2N2O2. The Bertz CT molecular complexity index is 384. The van der Waals surface area contributed by atoms with Crippen LogP contribution < -0.4 is 0 Å². The van der Waals surface area contributed by atoms with Gasteiger partial charge < -0.3 is 10.1 Å². The van der Waals surface area contributed by atoms with Crippen LogP contribution in [0.25, 0.3) is 0 Å². The van der Waals surface area contributed by atoms with Gasteiger partial charge >= 0.3 is 5.82 Å². The summed E-state index contributed by atoms with van der Waals surface area (Å²) in [6.07, 6.45) is -2.70. The van der Waals surface area contributed by atoms with Gasteiger partial charge in [-0.05, 0) is 22.9 Å². The van der Waals surface area contributed by atoms with E-state index in [4.69, 9.17) is 0 Å². The van der Waals surface area contributed by atoms with Crippen LogP contribution in [0.2, 0.25) is 0 Å². The van der Waals surface area contributed by atoms with Gasteiger partial charge in [-0.3, -0.25) is 0 Å². The summed E-state index contributed by atoms with van der Waals surface area (Å²) >= 11 is 2.75. The molecule has 0 aliphatic rings. The first-order chi connectivity index (χ1) is 6.43. The SMILES string of the molecule is Cc1cc(C(F)F)c(Br)nc1[N+](=O)[O-]. The van der Waals surface area contributed by atoms with Gasteiger partial charge in [-0.1, -0.05) is 0 Å². The molecule has 0 aliphatic heterocycles. The molecule has 0 unspecified atom stereocenters. The Labute approximate surface area is 86.2 Å². The van der Waals surface area contributed by atoms with Crippen LogP contribution in [0.4, 0.5) is 14.6 Å². The number of halogens is 3. The number of alkyl halides is 2. The summed E-state index contributed by atoms with van der Waals surface area (Å²) in [5.74, 6) is -0.415. The van der Waals surface area contributed by atoms with Gasteiger partial charge in [0.2, 0.25) is 4.60 Å². The number of aryl methyl sites for hydroxylation is 1. The van der Waals surface area contributed by atoms with Crippen molar-refractivity contribution in [2.75, 3.05) is 0 Å². The number of rotatable bonds is 2. The summed E-state index contributed by atoms with van der Waals surface area (Å²) in [7, 11) is 0. The third kappa shape index (κ3) is 2.03. The van der Waals surface area contributed by atoms with Crippen molar-refractivity contribution in [3.8, 4) is 0 Å². The fourth-order valence-electron chi connectivity index (χ4n) is 0.941. The van der Waals surface area contributed by atoms with Gasteiger partial charge in [0, 0.05) is 21.5 Å². The second-order valence-corrected chi connectivity index (χ2v) is 3.32.